The number of likely N-dealkylation sites (N-methyl/N-ethyl adjacent to an activating group) is 1. The lowest BCUT2D eigenvalue weighted by Gasteiger charge is -2.22. The molecule has 6 heteroatoms. The minimum absolute atomic E-state index is 0. The van der Waals surface area contributed by atoms with Crippen LogP contribution in [-0.4, -0.2) is 28.9 Å². The minimum Gasteiger partial charge on any atom is -0.338 e. The van der Waals surface area contributed by atoms with Crippen LogP contribution in [-0.2, 0) is 11.3 Å². The van der Waals surface area contributed by atoms with Crippen molar-refractivity contribution in [2.45, 2.75) is 26.4 Å². The molecule has 0 saturated heterocycles. The van der Waals surface area contributed by atoms with Gasteiger partial charge in [-0.15, -0.1) is 23.7 Å². The Hall–Kier alpha value is -0.650. The maximum Gasteiger partial charge on any atom is 0.239 e. The lowest BCUT2D eigenvalue weighted by Crippen LogP contribution is -2.44. The van der Waals surface area contributed by atoms with E-state index in [1.165, 1.54) is 11.3 Å². The molecule has 1 atom stereocenters. The molecular weight excluding hydrogens is 246 g/mol. The standard InChI is InChI=1S/C10H17N3OS.ClH/c1-7(2)9(11)10(14)13(3)4-8-5-15-6-12-8;/h5-7,9H,4,11H2,1-3H3;1H/t9-;/m0./s1. The van der Waals surface area contributed by atoms with Crippen LogP contribution in [0.25, 0.3) is 0 Å². The highest BCUT2D eigenvalue weighted by Crippen LogP contribution is 2.07. The molecule has 0 spiro atoms. The van der Waals surface area contributed by atoms with E-state index in [9.17, 15) is 4.79 Å². The highest BCUT2D eigenvalue weighted by molar-refractivity contribution is 7.07. The summed E-state index contributed by atoms with van der Waals surface area (Å²) in [6.07, 6.45) is 0. The Bertz CT molecular complexity index is 316. The third kappa shape index (κ3) is 4.08. The second kappa shape index (κ2) is 6.83. The number of halogens is 1. The molecule has 1 amide bonds. The van der Waals surface area contributed by atoms with Crippen molar-refractivity contribution in [3.63, 3.8) is 0 Å². The van der Waals surface area contributed by atoms with E-state index in [-0.39, 0.29) is 24.2 Å². The molecule has 16 heavy (non-hydrogen) atoms. The third-order valence-corrected chi connectivity index (χ3v) is 2.90. The van der Waals surface area contributed by atoms with E-state index in [1.807, 2.05) is 19.2 Å². The number of nitrogens with zero attached hydrogens (tertiary/aromatic N) is 2. The number of hydrogen-bond donors (Lipinski definition) is 1. The zero-order chi connectivity index (χ0) is 11.4. The van der Waals surface area contributed by atoms with Crippen molar-refractivity contribution in [1.29, 1.82) is 0 Å². The van der Waals surface area contributed by atoms with Gasteiger partial charge < -0.3 is 10.6 Å². The summed E-state index contributed by atoms with van der Waals surface area (Å²) in [5, 5.41) is 1.94. The number of carbonyl (C=O) groups excluding carboxylic acids is 1. The van der Waals surface area contributed by atoms with Crippen LogP contribution in [0.1, 0.15) is 19.5 Å². The zero-order valence-corrected chi connectivity index (χ0v) is 11.3. The first-order chi connectivity index (χ1) is 7.02. The van der Waals surface area contributed by atoms with E-state index in [0.29, 0.717) is 6.54 Å². The number of amides is 1. The molecule has 0 aromatic carbocycles. The highest BCUT2D eigenvalue weighted by Gasteiger charge is 2.21. The molecule has 92 valence electrons. The predicted octanol–water partition coefficient (Wildman–Crippen LogP) is 1.51. The highest BCUT2D eigenvalue weighted by atomic mass is 35.5. The Morgan fingerprint density at radius 1 is 1.62 bits per heavy atom. The van der Waals surface area contributed by atoms with Crippen molar-refractivity contribution >= 4 is 29.7 Å². The molecule has 1 aromatic rings. The smallest absolute Gasteiger partial charge is 0.239 e. The van der Waals surface area contributed by atoms with E-state index >= 15 is 0 Å². The van der Waals surface area contributed by atoms with Crippen LogP contribution >= 0.6 is 23.7 Å². The van der Waals surface area contributed by atoms with E-state index in [1.54, 1.807) is 17.5 Å². The van der Waals surface area contributed by atoms with Crippen LogP contribution in [0.15, 0.2) is 10.9 Å². The number of aromatic nitrogens is 1. The number of nitrogens with two attached hydrogens (primary N) is 1. The van der Waals surface area contributed by atoms with Gasteiger partial charge in [-0.25, -0.2) is 4.98 Å². The third-order valence-electron chi connectivity index (χ3n) is 2.26. The fourth-order valence-electron chi connectivity index (χ4n) is 1.18. The molecular formula is C10H18ClN3OS. The molecule has 0 aliphatic rings. The fourth-order valence-corrected chi connectivity index (χ4v) is 1.73. The summed E-state index contributed by atoms with van der Waals surface area (Å²) in [4.78, 5) is 17.5. The molecule has 0 fully saturated rings. The fraction of sp³-hybridized carbons (Fsp3) is 0.600. The maximum atomic E-state index is 11.8. The quantitative estimate of drug-likeness (QED) is 0.896. The first kappa shape index (κ1) is 15.3. The van der Waals surface area contributed by atoms with Crippen LogP contribution in [0.5, 0.6) is 0 Å². The van der Waals surface area contributed by atoms with Gasteiger partial charge in [-0.2, -0.15) is 0 Å². The van der Waals surface area contributed by atoms with Crippen molar-refractivity contribution in [2.75, 3.05) is 7.05 Å². The van der Waals surface area contributed by atoms with Gasteiger partial charge in [-0.05, 0) is 5.92 Å². The van der Waals surface area contributed by atoms with E-state index < -0.39 is 6.04 Å². The summed E-state index contributed by atoms with van der Waals surface area (Å²) in [7, 11) is 1.75. The largest absolute Gasteiger partial charge is 0.338 e. The average Bonchev–Trinajstić information content (AvgIpc) is 2.67. The van der Waals surface area contributed by atoms with Gasteiger partial charge in [0.2, 0.25) is 5.91 Å². The zero-order valence-electron chi connectivity index (χ0n) is 9.71. The van der Waals surface area contributed by atoms with Crippen LogP contribution in [0, 0.1) is 5.92 Å². The summed E-state index contributed by atoms with van der Waals surface area (Å²) in [5.41, 5.74) is 8.45. The summed E-state index contributed by atoms with van der Waals surface area (Å²) >= 11 is 1.53. The van der Waals surface area contributed by atoms with Gasteiger partial charge in [0, 0.05) is 12.4 Å². The second-order valence-electron chi connectivity index (χ2n) is 3.94. The lowest BCUT2D eigenvalue weighted by atomic mass is 10.0. The van der Waals surface area contributed by atoms with Gasteiger partial charge in [0.05, 0.1) is 23.8 Å². The van der Waals surface area contributed by atoms with Gasteiger partial charge >= 0.3 is 0 Å². The number of carbonyl (C=O) groups is 1. The maximum absolute atomic E-state index is 11.8. The molecule has 0 bridgehead atoms. The molecule has 1 rings (SSSR count). The Labute approximate surface area is 106 Å². The van der Waals surface area contributed by atoms with Crippen LogP contribution in [0.3, 0.4) is 0 Å². The lowest BCUT2D eigenvalue weighted by molar-refractivity contribution is -0.132. The van der Waals surface area contributed by atoms with Gasteiger partial charge in [0.25, 0.3) is 0 Å². The summed E-state index contributed by atoms with van der Waals surface area (Å²) in [6.45, 7) is 4.42. The van der Waals surface area contributed by atoms with Crippen LogP contribution in [0.4, 0.5) is 0 Å². The van der Waals surface area contributed by atoms with E-state index in [0.717, 1.165) is 5.69 Å². The molecule has 0 radical (unpaired) electrons. The van der Waals surface area contributed by atoms with Gasteiger partial charge in [0.1, 0.15) is 0 Å². The Balaban J connectivity index is 0.00000225. The predicted molar refractivity (Wildman–Crippen MR) is 68.6 cm³/mol. The molecule has 4 nitrogen and oxygen atoms in total. The van der Waals surface area contributed by atoms with E-state index in [2.05, 4.69) is 4.98 Å². The molecule has 0 saturated carbocycles. The number of hydrogen-bond acceptors (Lipinski definition) is 4. The average molecular weight is 264 g/mol. The monoisotopic (exact) mass is 263 g/mol. The Morgan fingerprint density at radius 2 is 2.25 bits per heavy atom. The Kier molecular flexibility index (Phi) is 6.55. The van der Waals surface area contributed by atoms with Gasteiger partial charge in [-0.1, -0.05) is 13.8 Å². The molecule has 2 N–H and O–H groups in total. The van der Waals surface area contributed by atoms with Crippen molar-refractivity contribution < 1.29 is 4.79 Å². The molecule has 1 heterocycles. The SMILES string of the molecule is CC(C)[C@H](N)C(=O)N(C)Cc1cscn1.Cl. The normalized spacial score (nSPS) is 12.1. The summed E-state index contributed by atoms with van der Waals surface area (Å²) in [5.74, 6) is 0.133. The van der Waals surface area contributed by atoms with E-state index in [4.69, 9.17) is 5.73 Å². The molecule has 0 aliphatic heterocycles. The van der Waals surface area contributed by atoms with Gasteiger partial charge in [0.15, 0.2) is 0 Å². The summed E-state index contributed by atoms with van der Waals surface area (Å²) in [6, 6.07) is -0.423. The number of rotatable bonds is 4. The van der Waals surface area contributed by atoms with Crippen molar-refractivity contribution in [3.8, 4) is 0 Å². The van der Waals surface area contributed by atoms with Crippen molar-refractivity contribution in [3.05, 3.63) is 16.6 Å². The second-order valence-corrected chi connectivity index (χ2v) is 4.66. The van der Waals surface area contributed by atoms with Crippen molar-refractivity contribution in [2.24, 2.45) is 11.7 Å². The molecule has 0 unspecified atom stereocenters. The molecule has 1 aromatic heterocycles. The summed E-state index contributed by atoms with van der Waals surface area (Å²) < 4.78 is 0. The topological polar surface area (TPSA) is 59.2 Å². The number of thiazole rings is 1. The van der Waals surface area contributed by atoms with Crippen molar-refractivity contribution in [1.82, 2.24) is 9.88 Å². The molecule has 0 aliphatic carbocycles. The first-order valence-corrected chi connectivity index (χ1v) is 5.84. The van der Waals surface area contributed by atoms with Crippen LogP contribution < -0.4 is 5.73 Å². The minimum atomic E-state index is -0.423. The van der Waals surface area contributed by atoms with Crippen LogP contribution in [0.2, 0.25) is 0 Å². The Morgan fingerprint density at radius 3 is 2.69 bits per heavy atom. The van der Waals surface area contributed by atoms with Gasteiger partial charge in [-0.3, -0.25) is 4.79 Å². The first-order valence-electron chi connectivity index (χ1n) is 4.90.